The van der Waals surface area contributed by atoms with Crippen molar-refractivity contribution in [3.05, 3.63) is 58.7 Å². The quantitative estimate of drug-likeness (QED) is 0.186. The highest BCUT2D eigenvalue weighted by atomic mass is 16.7. The minimum absolute atomic E-state index is 0.0382. The number of ether oxygens (including phenoxy) is 4. The van der Waals surface area contributed by atoms with E-state index in [0.29, 0.717) is 0 Å². The highest BCUT2D eigenvalue weighted by Crippen LogP contribution is 2.40. The maximum absolute atomic E-state index is 13.0. The molecule has 0 aromatic heterocycles. The molecule has 2 fully saturated rings. The number of aliphatic hydroxyl groups excluding tert-OH is 6. The van der Waals surface area contributed by atoms with E-state index in [-0.39, 0.29) is 34.6 Å². The first-order valence-electron chi connectivity index (χ1n) is 11.8. The van der Waals surface area contributed by atoms with Crippen molar-refractivity contribution >= 4 is 11.6 Å². The van der Waals surface area contributed by atoms with E-state index in [1.165, 1.54) is 24.3 Å². The van der Waals surface area contributed by atoms with Gasteiger partial charge in [0.15, 0.2) is 29.4 Å². The number of aromatic hydroxyl groups is 1. The molecule has 0 radical (unpaired) electrons. The maximum Gasteiger partial charge on any atom is 0.229 e. The van der Waals surface area contributed by atoms with Crippen molar-refractivity contribution < 1.29 is 64.3 Å². The summed E-state index contributed by atoms with van der Waals surface area (Å²) in [5.41, 5.74) is -0.0325. The third-order valence-electron chi connectivity index (χ3n) is 6.82. The Morgan fingerprint density at radius 3 is 2.13 bits per heavy atom. The lowest BCUT2D eigenvalue weighted by molar-refractivity contribution is -0.307. The summed E-state index contributed by atoms with van der Waals surface area (Å²) in [6, 6.07) is 8.62. The third-order valence-corrected chi connectivity index (χ3v) is 6.82. The molecule has 0 saturated carbocycles. The van der Waals surface area contributed by atoms with Crippen molar-refractivity contribution in [2.45, 2.75) is 55.3 Å². The van der Waals surface area contributed by atoms with E-state index in [1.54, 1.807) is 12.1 Å². The van der Waals surface area contributed by atoms with Crippen LogP contribution < -0.4 is 4.74 Å². The minimum Gasteiger partial charge on any atom is -0.504 e. The van der Waals surface area contributed by atoms with Gasteiger partial charge in [0, 0.05) is 16.7 Å². The molecular formula is C25H26O13. The number of hydrogen-bond donors (Lipinski definition) is 7. The third kappa shape index (κ3) is 4.47. The summed E-state index contributed by atoms with van der Waals surface area (Å²) < 4.78 is 21.6. The predicted octanol–water partition coefficient (Wildman–Crippen LogP) is -2.19. The minimum atomic E-state index is -1.80. The number of aliphatic hydroxyl groups is 6. The van der Waals surface area contributed by atoms with Gasteiger partial charge in [0.2, 0.25) is 6.29 Å². The first-order chi connectivity index (χ1) is 18.1. The Kier molecular flexibility index (Phi) is 7.21. The van der Waals surface area contributed by atoms with Gasteiger partial charge in [0.25, 0.3) is 0 Å². The number of carbonyl (C=O) groups excluding carboxylic acids is 2. The molecular weight excluding hydrogens is 508 g/mol. The van der Waals surface area contributed by atoms with Gasteiger partial charge in [-0.2, -0.15) is 0 Å². The summed E-state index contributed by atoms with van der Waals surface area (Å²) in [6.07, 6.45) is -14.1. The van der Waals surface area contributed by atoms with Crippen LogP contribution in [0.2, 0.25) is 0 Å². The monoisotopic (exact) mass is 534 g/mol. The first-order valence-corrected chi connectivity index (χ1v) is 11.8. The Labute approximate surface area is 215 Å². The fourth-order valence-corrected chi connectivity index (χ4v) is 4.64. The molecule has 9 atom stereocenters. The second kappa shape index (κ2) is 10.3. The lowest BCUT2D eigenvalue weighted by Crippen LogP contribution is -2.61. The number of phenolic OH excluding ortho intramolecular Hbond substituents is 1. The van der Waals surface area contributed by atoms with E-state index < -0.39 is 79.2 Å². The second-order valence-corrected chi connectivity index (χ2v) is 9.25. The number of phenols is 1. The summed E-state index contributed by atoms with van der Waals surface area (Å²) in [6.45, 7) is -0.831. The van der Waals surface area contributed by atoms with Gasteiger partial charge < -0.3 is 54.7 Å². The Bertz CT molecular complexity index is 1230. The van der Waals surface area contributed by atoms with E-state index in [0.717, 1.165) is 0 Å². The van der Waals surface area contributed by atoms with Crippen molar-refractivity contribution in [2.24, 2.45) is 0 Å². The number of benzene rings is 2. The lowest BCUT2D eigenvalue weighted by atomic mass is 9.83. The Morgan fingerprint density at radius 1 is 0.763 bits per heavy atom. The zero-order chi connectivity index (χ0) is 27.3. The molecule has 2 aromatic rings. The van der Waals surface area contributed by atoms with Gasteiger partial charge in [-0.3, -0.25) is 9.59 Å². The van der Waals surface area contributed by atoms with Crippen LogP contribution in [-0.2, 0) is 14.2 Å². The highest BCUT2D eigenvalue weighted by molar-refractivity contribution is 6.29. The molecule has 5 rings (SSSR count). The van der Waals surface area contributed by atoms with E-state index >= 15 is 0 Å². The van der Waals surface area contributed by atoms with Crippen LogP contribution >= 0.6 is 0 Å². The van der Waals surface area contributed by atoms with E-state index in [9.17, 15) is 45.3 Å². The van der Waals surface area contributed by atoms with Gasteiger partial charge in [-0.15, -0.1) is 0 Å². The van der Waals surface area contributed by atoms with Gasteiger partial charge in [-0.05, 0) is 12.1 Å². The van der Waals surface area contributed by atoms with Crippen LogP contribution in [0, 0.1) is 0 Å². The smallest absolute Gasteiger partial charge is 0.229 e. The van der Waals surface area contributed by atoms with Gasteiger partial charge in [-0.1, -0.05) is 24.3 Å². The average Bonchev–Trinajstić information content (AvgIpc) is 2.91. The van der Waals surface area contributed by atoms with Crippen LogP contribution in [0.5, 0.6) is 11.5 Å². The Hall–Kier alpha value is -2.98. The van der Waals surface area contributed by atoms with Crippen LogP contribution in [0.25, 0.3) is 0 Å². The molecule has 2 saturated heterocycles. The van der Waals surface area contributed by atoms with E-state index in [1.807, 2.05) is 0 Å². The molecule has 2 aliphatic heterocycles. The molecule has 204 valence electrons. The van der Waals surface area contributed by atoms with Gasteiger partial charge >= 0.3 is 0 Å². The van der Waals surface area contributed by atoms with Crippen molar-refractivity contribution in [3.8, 4) is 11.5 Å². The molecule has 13 heteroatoms. The largest absolute Gasteiger partial charge is 0.504 e. The molecule has 38 heavy (non-hydrogen) atoms. The number of fused-ring (bicyclic) bond motifs is 2. The molecule has 2 aromatic carbocycles. The molecule has 2 unspecified atom stereocenters. The Balaban J connectivity index is 1.33. The maximum atomic E-state index is 13.0. The first kappa shape index (κ1) is 26.6. The number of hydrogen-bond acceptors (Lipinski definition) is 13. The van der Waals surface area contributed by atoms with Crippen LogP contribution in [0.1, 0.15) is 31.8 Å². The predicted molar refractivity (Wildman–Crippen MR) is 122 cm³/mol. The fourth-order valence-electron chi connectivity index (χ4n) is 4.64. The van der Waals surface area contributed by atoms with Crippen LogP contribution in [0.3, 0.4) is 0 Å². The van der Waals surface area contributed by atoms with Crippen molar-refractivity contribution in [3.63, 3.8) is 0 Å². The molecule has 2 heterocycles. The number of rotatable bonds is 5. The zero-order valence-corrected chi connectivity index (χ0v) is 19.7. The number of ketones is 2. The summed E-state index contributed by atoms with van der Waals surface area (Å²) in [4.78, 5) is 25.9. The molecule has 7 N–H and O–H groups in total. The average molecular weight is 534 g/mol. The van der Waals surface area contributed by atoms with Gasteiger partial charge in [-0.25, -0.2) is 0 Å². The van der Waals surface area contributed by atoms with Crippen LogP contribution in [0.4, 0.5) is 0 Å². The topological polar surface area (TPSA) is 213 Å². The van der Waals surface area contributed by atoms with Crippen molar-refractivity contribution in [2.75, 3.05) is 13.2 Å². The van der Waals surface area contributed by atoms with Gasteiger partial charge in [0.05, 0.1) is 18.8 Å². The SMILES string of the molecule is O=C1c2ccccc2C(=O)c2c1ccc(O[C@@H]1O[C@H](CO[C@@H]3OC[C@@H](O)[C@H](O)C3O)[C@@H](O)[C@H](O)C1O)c2O. The molecule has 13 nitrogen and oxygen atoms in total. The zero-order valence-electron chi connectivity index (χ0n) is 19.7. The summed E-state index contributed by atoms with van der Waals surface area (Å²) >= 11 is 0. The Morgan fingerprint density at radius 2 is 1.42 bits per heavy atom. The van der Waals surface area contributed by atoms with E-state index in [4.69, 9.17) is 18.9 Å². The second-order valence-electron chi connectivity index (χ2n) is 9.25. The van der Waals surface area contributed by atoms with Crippen molar-refractivity contribution in [1.29, 1.82) is 0 Å². The standard InChI is InChI=1S/C25H26O13/c26-12-7-35-24(22(33)18(12)29)36-8-14-20(31)21(32)23(34)25(38-14)37-13-6-5-11-15(19(13)30)17(28)10-4-2-1-3-9(10)16(11)27/h1-6,12,14,18,20-26,29-34H,7-8H2/t12-,14-,18+,20-,21+,22?,23?,24+,25-/m1/s1. The summed E-state index contributed by atoms with van der Waals surface area (Å²) in [7, 11) is 0. The van der Waals surface area contributed by atoms with Gasteiger partial charge in [0.1, 0.15) is 42.7 Å². The highest BCUT2D eigenvalue weighted by Gasteiger charge is 2.47. The molecule has 0 amide bonds. The molecule has 1 aliphatic carbocycles. The molecule has 0 spiro atoms. The number of carbonyl (C=O) groups is 2. The normalized spacial score (nSPS) is 34.9. The molecule has 3 aliphatic rings. The van der Waals surface area contributed by atoms with Crippen LogP contribution in [0.15, 0.2) is 36.4 Å². The molecule has 0 bridgehead atoms. The fraction of sp³-hybridized carbons (Fsp3) is 0.440. The van der Waals surface area contributed by atoms with Crippen molar-refractivity contribution in [1.82, 2.24) is 0 Å². The van der Waals surface area contributed by atoms with Crippen LogP contribution in [-0.4, -0.2) is 116 Å². The summed E-state index contributed by atoms with van der Waals surface area (Å²) in [5.74, 6) is -2.08. The lowest BCUT2D eigenvalue weighted by Gasteiger charge is -2.41. The summed E-state index contributed by atoms with van der Waals surface area (Å²) in [5, 5.41) is 71.3. The van der Waals surface area contributed by atoms with E-state index in [2.05, 4.69) is 0 Å².